The Labute approximate surface area is 117 Å². The van der Waals surface area contributed by atoms with Crippen molar-refractivity contribution in [2.45, 2.75) is 52.1 Å². The third-order valence-corrected chi connectivity index (χ3v) is 4.53. The Hall–Kier alpha value is -0.800. The Kier molecular flexibility index (Phi) is 5.06. The number of nitrogens with zero attached hydrogens (tertiary/aromatic N) is 1. The topological polar surface area (TPSA) is 42.4 Å². The summed E-state index contributed by atoms with van der Waals surface area (Å²) in [6, 6.07) is 4.58. The maximum atomic E-state index is 6.04. The van der Waals surface area contributed by atoms with Gasteiger partial charge in [-0.25, -0.2) is 0 Å². The van der Waals surface area contributed by atoms with E-state index in [4.69, 9.17) is 10.2 Å². The molecule has 3 heteroatoms. The van der Waals surface area contributed by atoms with Crippen LogP contribution in [0.25, 0.3) is 0 Å². The lowest BCUT2D eigenvalue weighted by Gasteiger charge is -2.37. The number of nitrogens with two attached hydrogens (primary N) is 1. The Morgan fingerprint density at radius 2 is 2.21 bits per heavy atom. The Morgan fingerprint density at radius 1 is 1.42 bits per heavy atom. The van der Waals surface area contributed by atoms with Crippen LogP contribution in [0.2, 0.25) is 0 Å². The molecule has 0 amide bonds. The molecule has 0 radical (unpaired) electrons. The van der Waals surface area contributed by atoms with E-state index in [-0.39, 0.29) is 0 Å². The molecular formula is C16H28N2O. The third-order valence-electron chi connectivity index (χ3n) is 4.53. The number of aryl methyl sites for hydroxylation is 1. The van der Waals surface area contributed by atoms with Gasteiger partial charge in [0, 0.05) is 12.6 Å². The molecule has 0 aliphatic heterocycles. The van der Waals surface area contributed by atoms with Crippen LogP contribution in [0.5, 0.6) is 0 Å². The first kappa shape index (κ1) is 14.6. The zero-order chi connectivity index (χ0) is 13.8. The molecule has 0 saturated heterocycles. The van der Waals surface area contributed by atoms with Gasteiger partial charge in [-0.2, -0.15) is 0 Å². The molecule has 3 atom stereocenters. The lowest BCUT2D eigenvalue weighted by molar-refractivity contribution is 0.119. The molecule has 2 rings (SSSR count). The molecule has 1 aliphatic rings. The summed E-state index contributed by atoms with van der Waals surface area (Å²) in [5.74, 6) is 3.63. The largest absolute Gasteiger partial charge is 0.465 e. The SMILES string of the molecule is Cc1ccc(CN(C)C(CN)C2CCCC(C)C2)o1. The number of hydrogen-bond donors (Lipinski definition) is 1. The van der Waals surface area contributed by atoms with Gasteiger partial charge in [-0.3, -0.25) is 4.90 Å². The molecular weight excluding hydrogens is 236 g/mol. The number of furan rings is 1. The van der Waals surface area contributed by atoms with E-state index in [9.17, 15) is 0 Å². The van der Waals surface area contributed by atoms with Crippen molar-refractivity contribution in [3.63, 3.8) is 0 Å². The van der Waals surface area contributed by atoms with Gasteiger partial charge in [0.2, 0.25) is 0 Å². The minimum Gasteiger partial charge on any atom is -0.465 e. The Morgan fingerprint density at radius 3 is 2.79 bits per heavy atom. The van der Waals surface area contributed by atoms with Gasteiger partial charge < -0.3 is 10.2 Å². The average molecular weight is 264 g/mol. The number of likely N-dealkylation sites (N-methyl/N-ethyl adjacent to an activating group) is 1. The first-order chi connectivity index (χ1) is 9.10. The predicted molar refractivity (Wildman–Crippen MR) is 78.9 cm³/mol. The summed E-state index contributed by atoms with van der Waals surface area (Å²) in [7, 11) is 2.18. The highest BCUT2D eigenvalue weighted by atomic mass is 16.3. The first-order valence-electron chi connectivity index (χ1n) is 7.55. The summed E-state index contributed by atoms with van der Waals surface area (Å²) < 4.78 is 5.67. The van der Waals surface area contributed by atoms with Crippen molar-refractivity contribution >= 4 is 0 Å². The summed E-state index contributed by atoms with van der Waals surface area (Å²) in [6.45, 7) is 5.97. The van der Waals surface area contributed by atoms with Crippen LogP contribution >= 0.6 is 0 Å². The van der Waals surface area contributed by atoms with Crippen LogP contribution in [0, 0.1) is 18.8 Å². The second-order valence-electron chi connectivity index (χ2n) is 6.26. The number of hydrogen-bond acceptors (Lipinski definition) is 3. The zero-order valence-corrected chi connectivity index (χ0v) is 12.6. The van der Waals surface area contributed by atoms with Gasteiger partial charge in [0.15, 0.2) is 0 Å². The smallest absolute Gasteiger partial charge is 0.118 e. The van der Waals surface area contributed by atoms with Crippen LogP contribution in [0.3, 0.4) is 0 Å². The Balaban J connectivity index is 1.96. The molecule has 0 aromatic carbocycles. The predicted octanol–water partition coefficient (Wildman–Crippen LogP) is 3.17. The van der Waals surface area contributed by atoms with Crippen molar-refractivity contribution in [1.29, 1.82) is 0 Å². The highest BCUT2D eigenvalue weighted by molar-refractivity contribution is 5.05. The van der Waals surface area contributed by atoms with Crippen molar-refractivity contribution in [1.82, 2.24) is 4.90 Å². The van der Waals surface area contributed by atoms with Gasteiger partial charge in [0.05, 0.1) is 6.54 Å². The first-order valence-corrected chi connectivity index (χ1v) is 7.55. The average Bonchev–Trinajstić information content (AvgIpc) is 2.75. The quantitative estimate of drug-likeness (QED) is 0.888. The fraction of sp³-hybridized carbons (Fsp3) is 0.750. The molecule has 2 N–H and O–H groups in total. The van der Waals surface area contributed by atoms with Gasteiger partial charge in [0.25, 0.3) is 0 Å². The fourth-order valence-electron chi connectivity index (χ4n) is 3.50. The minimum absolute atomic E-state index is 0.480. The monoisotopic (exact) mass is 264 g/mol. The van der Waals surface area contributed by atoms with Crippen LogP contribution in [0.4, 0.5) is 0 Å². The van der Waals surface area contributed by atoms with E-state index in [2.05, 4.69) is 24.9 Å². The van der Waals surface area contributed by atoms with Gasteiger partial charge in [0.1, 0.15) is 11.5 Å². The van der Waals surface area contributed by atoms with Gasteiger partial charge in [-0.05, 0) is 50.8 Å². The van der Waals surface area contributed by atoms with E-state index in [0.29, 0.717) is 6.04 Å². The molecule has 1 aromatic heterocycles. The highest BCUT2D eigenvalue weighted by Gasteiger charge is 2.28. The lowest BCUT2D eigenvalue weighted by Crippen LogP contribution is -2.44. The van der Waals surface area contributed by atoms with Crippen LogP contribution in [-0.2, 0) is 6.54 Å². The van der Waals surface area contributed by atoms with Crippen molar-refractivity contribution in [3.8, 4) is 0 Å². The standard InChI is InChI=1S/C16H28N2O/c1-12-5-4-6-14(9-12)16(10-17)18(3)11-15-8-7-13(2)19-15/h7-8,12,14,16H,4-6,9-11,17H2,1-3H3. The molecule has 0 spiro atoms. The normalized spacial score (nSPS) is 25.7. The summed E-state index contributed by atoms with van der Waals surface area (Å²) >= 11 is 0. The van der Waals surface area contributed by atoms with Crippen LogP contribution in [0.1, 0.15) is 44.1 Å². The maximum Gasteiger partial charge on any atom is 0.118 e. The summed E-state index contributed by atoms with van der Waals surface area (Å²) in [4.78, 5) is 2.38. The number of rotatable bonds is 5. The van der Waals surface area contributed by atoms with Gasteiger partial charge in [-0.15, -0.1) is 0 Å². The lowest BCUT2D eigenvalue weighted by atomic mass is 9.78. The van der Waals surface area contributed by atoms with Crippen molar-refractivity contribution in [2.75, 3.05) is 13.6 Å². The molecule has 1 aliphatic carbocycles. The summed E-state index contributed by atoms with van der Waals surface area (Å²) in [5.41, 5.74) is 6.04. The van der Waals surface area contributed by atoms with Crippen molar-refractivity contribution < 1.29 is 4.42 Å². The van der Waals surface area contributed by atoms with E-state index in [1.165, 1.54) is 25.7 Å². The molecule has 1 saturated carbocycles. The molecule has 3 unspecified atom stereocenters. The van der Waals surface area contributed by atoms with Gasteiger partial charge >= 0.3 is 0 Å². The van der Waals surface area contributed by atoms with E-state index in [1.807, 2.05) is 13.0 Å². The summed E-state index contributed by atoms with van der Waals surface area (Å²) in [5, 5.41) is 0. The maximum absolute atomic E-state index is 6.04. The molecule has 1 fully saturated rings. The van der Waals surface area contributed by atoms with E-state index in [1.54, 1.807) is 0 Å². The van der Waals surface area contributed by atoms with Crippen LogP contribution < -0.4 is 5.73 Å². The van der Waals surface area contributed by atoms with Crippen molar-refractivity contribution in [3.05, 3.63) is 23.7 Å². The molecule has 3 nitrogen and oxygen atoms in total. The molecule has 19 heavy (non-hydrogen) atoms. The van der Waals surface area contributed by atoms with E-state index >= 15 is 0 Å². The fourth-order valence-corrected chi connectivity index (χ4v) is 3.50. The Bertz CT molecular complexity index is 388. The highest BCUT2D eigenvalue weighted by Crippen LogP contribution is 2.32. The second kappa shape index (κ2) is 6.58. The zero-order valence-electron chi connectivity index (χ0n) is 12.6. The minimum atomic E-state index is 0.480. The van der Waals surface area contributed by atoms with Crippen LogP contribution in [0.15, 0.2) is 16.5 Å². The molecule has 108 valence electrons. The van der Waals surface area contributed by atoms with E-state index < -0.39 is 0 Å². The molecule has 1 aromatic rings. The second-order valence-corrected chi connectivity index (χ2v) is 6.26. The summed E-state index contributed by atoms with van der Waals surface area (Å²) in [6.07, 6.45) is 5.39. The molecule has 1 heterocycles. The molecule has 0 bridgehead atoms. The van der Waals surface area contributed by atoms with Gasteiger partial charge in [-0.1, -0.05) is 19.8 Å². The van der Waals surface area contributed by atoms with Crippen molar-refractivity contribution in [2.24, 2.45) is 17.6 Å². The third kappa shape index (κ3) is 3.83. The van der Waals surface area contributed by atoms with E-state index in [0.717, 1.165) is 36.4 Å². The van der Waals surface area contributed by atoms with Crippen LogP contribution in [-0.4, -0.2) is 24.5 Å².